The van der Waals surface area contributed by atoms with Crippen LogP contribution in [0.3, 0.4) is 0 Å². The molecule has 0 radical (unpaired) electrons. The van der Waals surface area contributed by atoms with Gasteiger partial charge in [-0.2, -0.15) is 0 Å². The Morgan fingerprint density at radius 3 is 2.30 bits per heavy atom. The summed E-state index contributed by atoms with van der Waals surface area (Å²) < 4.78 is 14.3. The van der Waals surface area contributed by atoms with E-state index in [-0.39, 0.29) is 11.7 Å². The lowest BCUT2D eigenvalue weighted by Gasteiger charge is -2.21. The Morgan fingerprint density at radius 1 is 0.840 bits per heavy atom. The van der Waals surface area contributed by atoms with Crippen LogP contribution in [0.1, 0.15) is 74.3 Å². The van der Waals surface area contributed by atoms with E-state index in [4.69, 9.17) is 14.1 Å². The van der Waals surface area contributed by atoms with E-state index in [0.717, 1.165) is 49.7 Å². The molecule has 0 aliphatic carbocycles. The molecule has 0 saturated carbocycles. The average molecular weight is 679 g/mol. The third kappa shape index (κ3) is 7.21. The van der Waals surface area contributed by atoms with Crippen LogP contribution in [0.15, 0.2) is 132 Å². The lowest BCUT2D eigenvalue weighted by Crippen LogP contribution is -2.13. The molecule has 1 atom stereocenters. The van der Waals surface area contributed by atoms with Gasteiger partial charge in [-0.25, -0.2) is 4.98 Å². The molecule has 0 aliphatic heterocycles. The fourth-order valence-corrected chi connectivity index (χ4v) is 6.98. The minimum atomic E-state index is -0.0546. The molecule has 50 heavy (non-hydrogen) atoms. The van der Waals surface area contributed by atoms with Crippen molar-refractivity contribution in [3.63, 3.8) is 0 Å². The summed E-state index contributed by atoms with van der Waals surface area (Å²) in [6.45, 7) is 6.69. The van der Waals surface area contributed by atoms with Gasteiger partial charge in [0.2, 0.25) is 5.89 Å². The van der Waals surface area contributed by atoms with Crippen molar-refractivity contribution in [2.24, 2.45) is 0 Å². The van der Waals surface area contributed by atoms with Gasteiger partial charge in [0.05, 0.1) is 18.0 Å². The third-order valence-corrected chi connectivity index (χ3v) is 9.99. The molecule has 0 fully saturated rings. The molecule has 8 heteroatoms. The quantitative estimate of drug-likeness (QED) is 0.113. The first kappa shape index (κ1) is 32.9. The van der Waals surface area contributed by atoms with Gasteiger partial charge in [-0.3, -0.25) is 4.79 Å². The molecule has 3 heterocycles. The summed E-state index contributed by atoms with van der Waals surface area (Å²) in [6.07, 6.45) is 3.33. The minimum absolute atomic E-state index is 0.0123. The van der Waals surface area contributed by atoms with E-state index in [1.54, 1.807) is 11.3 Å². The number of nitrogens with zero attached hydrogens (tertiary/aromatic N) is 4. The van der Waals surface area contributed by atoms with Crippen molar-refractivity contribution < 1.29 is 13.9 Å². The van der Waals surface area contributed by atoms with Crippen LogP contribution in [-0.4, -0.2) is 32.1 Å². The number of aromatic nitrogens is 4. The fraction of sp³-hybridized carbons (Fsp3) is 0.190. The van der Waals surface area contributed by atoms with Gasteiger partial charge in [0, 0.05) is 53.3 Å². The maximum atomic E-state index is 13.7. The van der Waals surface area contributed by atoms with Crippen molar-refractivity contribution >= 4 is 17.1 Å². The first-order valence-corrected chi connectivity index (χ1v) is 17.7. The average Bonchev–Trinajstić information content (AvgIpc) is 3.92. The van der Waals surface area contributed by atoms with Crippen molar-refractivity contribution in [3.8, 4) is 22.9 Å². The van der Waals surface area contributed by atoms with E-state index in [1.165, 1.54) is 0 Å². The molecule has 7 nitrogen and oxygen atoms in total. The number of oxazole rings is 1. The van der Waals surface area contributed by atoms with E-state index >= 15 is 0 Å². The molecule has 0 N–H and O–H groups in total. The van der Waals surface area contributed by atoms with Crippen LogP contribution in [0.2, 0.25) is 0 Å². The summed E-state index contributed by atoms with van der Waals surface area (Å²) >= 11 is 1.66. The zero-order valence-electron chi connectivity index (χ0n) is 28.3. The van der Waals surface area contributed by atoms with Crippen LogP contribution in [0.5, 0.6) is 5.75 Å². The zero-order valence-corrected chi connectivity index (χ0v) is 29.1. The SMILES string of the molecule is Cc1oc(-c2ccccc2)nc1CCOc1ccc(C(Cc2nnc(C(C)C)s2)c2cccn2-c2ccccc2C(=O)c2ccccc2)cc1. The second-order valence-corrected chi connectivity index (χ2v) is 13.6. The number of carbonyl (C=O) groups is 1. The molecule has 4 aromatic carbocycles. The van der Waals surface area contributed by atoms with Gasteiger partial charge >= 0.3 is 0 Å². The van der Waals surface area contributed by atoms with E-state index in [1.807, 2.05) is 116 Å². The van der Waals surface area contributed by atoms with Gasteiger partial charge in [0.15, 0.2) is 5.78 Å². The first-order valence-electron chi connectivity index (χ1n) is 16.9. The topological polar surface area (TPSA) is 83.0 Å². The summed E-state index contributed by atoms with van der Waals surface area (Å²) in [5, 5.41) is 11.1. The summed E-state index contributed by atoms with van der Waals surface area (Å²) in [5.41, 5.74) is 6.17. The maximum absolute atomic E-state index is 13.7. The zero-order chi connectivity index (χ0) is 34.5. The highest BCUT2D eigenvalue weighted by Gasteiger charge is 2.24. The van der Waals surface area contributed by atoms with Crippen molar-refractivity contribution in [2.45, 2.75) is 45.4 Å². The van der Waals surface area contributed by atoms with Crippen LogP contribution in [-0.2, 0) is 12.8 Å². The molecule has 0 bridgehead atoms. The molecule has 0 aliphatic rings. The molecule has 0 spiro atoms. The Morgan fingerprint density at radius 2 is 1.56 bits per heavy atom. The molecule has 1 unspecified atom stereocenters. The Labute approximate surface area is 296 Å². The first-order chi connectivity index (χ1) is 24.4. The molecular weight excluding hydrogens is 641 g/mol. The number of para-hydroxylation sites is 1. The molecule has 0 saturated heterocycles. The Kier molecular flexibility index (Phi) is 9.80. The summed E-state index contributed by atoms with van der Waals surface area (Å²) in [7, 11) is 0. The number of benzene rings is 4. The number of aryl methyl sites for hydroxylation is 1. The second kappa shape index (κ2) is 14.9. The molecule has 250 valence electrons. The third-order valence-electron chi connectivity index (χ3n) is 8.74. The molecule has 7 aromatic rings. The van der Waals surface area contributed by atoms with E-state index < -0.39 is 0 Å². The molecular formula is C42H38N4O3S. The maximum Gasteiger partial charge on any atom is 0.226 e. The van der Waals surface area contributed by atoms with Crippen LogP contribution in [0, 0.1) is 6.92 Å². The largest absolute Gasteiger partial charge is 0.493 e. The highest BCUT2D eigenvalue weighted by molar-refractivity contribution is 7.11. The Balaban J connectivity index is 1.15. The van der Waals surface area contributed by atoms with Crippen molar-refractivity contribution in [1.29, 1.82) is 0 Å². The predicted octanol–water partition coefficient (Wildman–Crippen LogP) is 9.64. The number of ether oxygens (including phenoxy) is 1. The van der Waals surface area contributed by atoms with Gasteiger partial charge < -0.3 is 13.7 Å². The highest BCUT2D eigenvalue weighted by Crippen LogP contribution is 2.34. The summed E-state index contributed by atoms with van der Waals surface area (Å²) in [5.74, 6) is 2.45. The number of hydrogen-bond acceptors (Lipinski definition) is 7. The van der Waals surface area contributed by atoms with Gasteiger partial charge in [0.1, 0.15) is 21.5 Å². The number of ketones is 1. The molecule has 7 rings (SSSR count). The van der Waals surface area contributed by atoms with Crippen LogP contribution >= 0.6 is 11.3 Å². The summed E-state index contributed by atoms with van der Waals surface area (Å²) in [6, 6.07) is 39.6. The van der Waals surface area contributed by atoms with E-state index in [2.05, 4.69) is 46.8 Å². The monoisotopic (exact) mass is 678 g/mol. The number of carbonyl (C=O) groups excluding carboxylic acids is 1. The van der Waals surface area contributed by atoms with Gasteiger partial charge in [-0.1, -0.05) is 86.6 Å². The van der Waals surface area contributed by atoms with Gasteiger partial charge in [0.25, 0.3) is 0 Å². The van der Waals surface area contributed by atoms with Gasteiger partial charge in [-0.15, -0.1) is 21.5 Å². The van der Waals surface area contributed by atoms with Gasteiger partial charge in [-0.05, 0) is 61.0 Å². The minimum Gasteiger partial charge on any atom is -0.493 e. The van der Waals surface area contributed by atoms with Crippen molar-refractivity contribution in [2.75, 3.05) is 6.61 Å². The standard InChI is InChI=1S/C42H38N4O3S/c1-28(2)42-45-44-39(50-42)27-35(38-19-12-25-46(38)37-18-11-10-17-34(37)40(47)31-13-6-4-7-14-31)30-20-22-33(23-21-30)48-26-24-36-29(3)49-41(43-36)32-15-8-5-9-16-32/h4-23,25,28,35H,24,26-27H2,1-3H3. The molecule has 0 amide bonds. The predicted molar refractivity (Wildman–Crippen MR) is 198 cm³/mol. The van der Waals surface area contributed by atoms with Crippen LogP contribution in [0.25, 0.3) is 17.1 Å². The van der Waals surface area contributed by atoms with Crippen LogP contribution in [0.4, 0.5) is 0 Å². The Hall–Kier alpha value is -5.60. The fourth-order valence-electron chi connectivity index (χ4n) is 6.09. The van der Waals surface area contributed by atoms with Crippen molar-refractivity contribution in [1.82, 2.24) is 19.7 Å². The Bertz CT molecular complexity index is 2180. The lowest BCUT2D eigenvalue weighted by molar-refractivity contribution is 0.103. The van der Waals surface area contributed by atoms with E-state index in [9.17, 15) is 4.79 Å². The summed E-state index contributed by atoms with van der Waals surface area (Å²) in [4.78, 5) is 18.4. The normalized spacial score (nSPS) is 11.9. The number of hydrogen-bond donors (Lipinski definition) is 0. The number of rotatable bonds is 13. The van der Waals surface area contributed by atoms with E-state index in [0.29, 0.717) is 42.4 Å². The van der Waals surface area contributed by atoms with Crippen LogP contribution < -0.4 is 4.74 Å². The smallest absolute Gasteiger partial charge is 0.226 e. The highest BCUT2D eigenvalue weighted by atomic mass is 32.1. The lowest BCUT2D eigenvalue weighted by atomic mass is 9.92. The second-order valence-electron chi connectivity index (χ2n) is 12.5. The van der Waals surface area contributed by atoms with Crippen molar-refractivity contribution in [3.05, 3.63) is 171 Å². The molecule has 3 aromatic heterocycles.